The van der Waals surface area contributed by atoms with E-state index in [-0.39, 0.29) is 17.0 Å². The van der Waals surface area contributed by atoms with Crippen molar-refractivity contribution in [1.82, 2.24) is 4.31 Å². The van der Waals surface area contributed by atoms with Gasteiger partial charge in [-0.25, -0.2) is 12.7 Å². The zero-order valence-electron chi connectivity index (χ0n) is 9.51. The Hall–Kier alpha value is -1.56. The first kappa shape index (κ1) is 11.9. The van der Waals surface area contributed by atoms with Crippen LogP contribution in [-0.2, 0) is 10.0 Å². The van der Waals surface area contributed by atoms with E-state index >= 15 is 0 Å². The number of fused-ring (bicyclic) bond motifs is 1. The van der Waals surface area contributed by atoms with E-state index < -0.39 is 15.9 Å². The summed E-state index contributed by atoms with van der Waals surface area (Å²) in [5, 5.41) is 0. The van der Waals surface area contributed by atoms with Crippen LogP contribution in [0.1, 0.15) is 30.1 Å². The molecule has 0 unspecified atom stereocenters. The summed E-state index contributed by atoms with van der Waals surface area (Å²) in [7, 11) is -3.66. The maximum Gasteiger partial charge on any atom is 0.269 e. The number of unbranched alkanes of at least 4 members (excludes halogenated alkanes) is 1. The van der Waals surface area contributed by atoms with Gasteiger partial charge in [0.2, 0.25) is 0 Å². The van der Waals surface area contributed by atoms with Crippen LogP contribution in [-0.4, -0.2) is 25.2 Å². The Kier molecular flexibility index (Phi) is 2.82. The molecular weight excluding hydrogens is 240 g/mol. The lowest BCUT2D eigenvalue weighted by atomic mass is 10.2. The Morgan fingerprint density at radius 3 is 2.71 bits per heavy atom. The maximum atomic E-state index is 12.1. The first-order valence-electron chi connectivity index (χ1n) is 5.45. The zero-order valence-corrected chi connectivity index (χ0v) is 10.3. The van der Waals surface area contributed by atoms with Crippen molar-refractivity contribution in [2.75, 3.05) is 12.3 Å². The van der Waals surface area contributed by atoms with E-state index in [9.17, 15) is 13.2 Å². The number of nitrogen functional groups attached to an aromatic ring is 1. The van der Waals surface area contributed by atoms with Crippen LogP contribution in [0.15, 0.2) is 23.1 Å². The topological polar surface area (TPSA) is 80.5 Å². The normalized spacial score (nSPS) is 17.2. The quantitative estimate of drug-likeness (QED) is 0.822. The average molecular weight is 254 g/mol. The van der Waals surface area contributed by atoms with Crippen LogP contribution in [0.4, 0.5) is 5.69 Å². The lowest BCUT2D eigenvalue weighted by Crippen LogP contribution is -2.30. The molecule has 0 spiro atoms. The fraction of sp³-hybridized carbons (Fsp3) is 0.364. The number of nitrogens with two attached hydrogens (primary N) is 1. The second-order valence-corrected chi connectivity index (χ2v) is 5.82. The molecule has 1 aromatic rings. The number of nitrogens with zero attached hydrogens (tertiary/aromatic N) is 1. The third-order valence-electron chi connectivity index (χ3n) is 2.74. The number of anilines is 1. The lowest BCUT2D eigenvalue weighted by Gasteiger charge is -2.13. The molecule has 2 N–H and O–H groups in total. The van der Waals surface area contributed by atoms with Crippen LogP contribution in [0.5, 0.6) is 0 Å². The highest BCUT2D eigenvalue weighted by Crippen LogP contribution is 2.31. The fourth-order valence-electron chi connectivity index (χ4n) is 1.83. The minimum atomic E-state index is -3.66. The highest BCUT2D eigenvalue weighted by atomic mass is 32.2. The van der Waals surface area contributed by atoms with E-state index in [1.54, 1.807) is 0 Å². The Bertz CT molecular complexity index is 566. The van der Waals surface area contributed by atoms with Gasteiger partial charge in [0.1, 0.15) is 4.90 Å². The minimum absolute atomic E-state index is 0.0628. The van der Waals surface area contributed by atoms with Gasteiger partial charge in [-0.1, -0.05) is 13.3 Å². The molecule has 0 saturated carbocycles. The lowest BCUT2D eigenvalue weighted by molar-refractivity contribution is 0.0870. The van der Waals surface area contributed by atoms with E-state index in [1.807, 2.05) is 6.92 Å². The zero-order chi connectivity index (χ0) is 12.6. The van der Waals surface area contributed by atoms with E-state index in [0.717, 1.165) is 10.7 Å². The molecule has 0 radical (unpaired) electrons. The number of hydrogen-bond donors (Lipinski definition) is 1. The largest absolute Gasteiger partial charge is 0.399 e. The smallest absolute Gasteiger partial charge is 0.269 e. The van der Waals surface area contributed by atoms with E-state index in [0.29, 0.717) is 12.1 Å². The van der Waals surface area contributed by atoms with Crippen LogP contribution in [0.25, 0.3) is 0 Å². The van der Waals surface area contributed by atoms with Gasteiger partial charge in [-0.05, 0) is 24.6 Å². The summed E-state index contributed by atoms with van der Waals surface area (Å²) in [6.07, 6.45) is 1.49. The molecule has 0 atom stereocenters. The Balaban J connectivity index is 2.49. The van der Waals surface area contributed by atoms with E-state index in [1.165, 1.54) is 18.2 Å². The van der Waals surface area contributed by atoms with Crippen molar-refractivity contribution in [3.63, 3.8) is 0 Å². The molecule has 0 fully saturated rings. The Morgan fingerprint density at radius 1 is 1.35 bits per heavy atom. The monoisotopic (exact) mass is 254 g/mol. The van der Waals surface area contributed by atoms with Crippen molar-refractivity contribution in [2.24, 2.45) is 0 Å². The second-order valence-electron chi connectivity index (χ2n) is 3.99. The van der Waals surface area contributed by atoms with Crippen molar-refractivity contribution >= 4 is 21.6 Å². The van der Waals surface area contributed by atoms with Gasteiger partial charge in [0, 0.05) is 12.2 Å². The van der Waals surface area contributed by atoms with Crippen molar-refractivity contribution in [3.05, 3.63) is 23.8 Å². The standard InChI is InChI=1S/C11H14N2O3S/c1-2-3-6-13-11(14)9-7-8(12)4-5-10(9)17(13,15)16/h4-5,7H,2-3,6,12H2,1H3. The molecule has 0 bridgehead atoms. The van der Waals surface area contributed by atoms with Gasteiger partial charge in [0.25, 0.3) is 15.9 Å². The predicted molar refractivity (Wildman–Crippen MR) is 64.0 cm³/mol. The molecule has 1 amide bonds. The maximum absolute atomic E-state index is 12.1. The molecule has 0 aliphatic carbocycles. The van der Waals surface area contributed by atoms with Gasteiger partial charge >= 0.3 is 0 Å². The number of amides is 1. The molecule has 6 heteroatoms. The SMILES string of the molecule is CCCCN1C(=O)c2cc(N)ccc2S1(=O)=O. The van der Waals surface area contributed by atoms with Gasteiger partial charge in [-0.2, -0.15) is 0 Å². The Morgan fingerprint density at radius 2 is 2.06 bits per heavy atom. The van der Waals surface area contributed by atoms with Crippen molar-refractivity contribution < 1.29 is 13.2 Å². The molecule has 92 valence electrons. The number of benzene rings is 1. The number of sulfonamides is 1. The third kappa shape index (κ3) is 1.78. The molecule has 5 nitrogen and oxygen atoms in total. The second kappa shape index (κ2) is 4.03. The summed E-state index contributed by atoms with van der Waals surface area (Å²) in [5.41, 5.74) is 6.14. The van der Waals surface area contributed by atoms with E-state index in [4.69, 9.17) is 5.73 Å². The number of hydrogen-bond acceptors (Lipinski definition) is 4. The molecular formula is C11H14N2O3S. The molecule has 1 aliphatic heterocycles. The fourth-order valence-corrected chi connectivity index (χ4v) is 3.41. The number of carbonyl (C=O) groups excluding carboxylic acids is 1. The highest BCUT2D eigenvalue weighted by Gasteiger charge is 2.40. The first-order chi connectivity index (χ1) is 7.98. The summed E-state index contributed by atoms with van der Waals surface area (Å²) in [5.74, 6) is -0.472. The van der Waals surface area contributed by atoms with Gasteiger partial charge in [0.05, 0.1) is 5.56 Å². The first-order valence-corrected chi connectivity index (χ1v) is 6.89. The van der Waals surface area contributed by atoms with Crippen LogP contribution in [0, 0.1) is 0 Å². The summed E-state index contributed by atoms with van der Waals surface area (Å²) < 4.78 is 25.1. The summed E-state index contributed by atoms with van der Waals surface area (Å²) in [6.45, 7) is 2.17. The molecule has 0 saturated heterocycles. The van der Waals surface area contributed by atoms with Gasteiger partial charge in [-0.3, -0.25) is 4.79 Å². The van der Waals surface area contributed by atoms with Gasteiger partial charge < -0.3 is 5.73 Å². The highest BCUT2D eigenvalue weighted by molar-refractivity contribution is 7.90. The van der Waals surface area contributed by atoms with Crippen LogP contribution < -0.4 is 5.73 Å². The van der Waals surface area contributed by atoms with Crippen LogP contribution in [0.2, 0.25) is 0 Å². The molecule has 1 heterocycles. The van der Waals surface area contributed by atoms with Crippen molar-refractivity contribution in [1.29, 1.82) is 0 Å². The molecule has 2 rings (SSSR count). The van der Waals surface area contributed by atoms with Gasteiger partial charge in [-0.15, -0.1) is 0 Å². The summed E-state index contributed by atoms with van der Waals surface area (Å²) in [4.78, 5) is 12.0. The average Bonchev–Trinajstić information content (AvgIpc) is 2.45. The van der Waals surface area contributed by atoms with Crippen LogP contribution in [0.3, 0.4) is 0 Å². The Labute approximate surface area is 100 Å². The number of rotatable bonds is 3. The van der Waals surface area contributed by atoms with Crippen molar-refractivity contribution in [2.45, 2.75) is 24.7 Å². The van der Waals surface area contributed by atoms with Gasteiger partial charge in [0.15, 0.2) is 0 Å². The number of carbonyl (C=O) groups is 1. The molecule has 17 heavy (non-hydrogen) atoms. The molecule has 1 aromatic carbocycles. The third-order valence-corrected chi connectivity index (χ3v) is 4.58. The molecule has 0 aromatic heterocycles. The summed E-state index contributed by atoms with van der Waals surface area (Å²) in [6, 6.07) is 4.30. The van der Waals surface area contributed by atoms with E-state index in [2.05, 4.69) is 0 Å². The predicted octanol–water partition coefficient (Wildman–Crippen LogP) is 1.21. The van der Waals surface area contributed by atoms with Crippen LogP contribution >= 0.6 is 0 Å². The summed E-state index contributed by atoms with van der Waals surface area (Å²) >= 11 is 0. The molecule has 1 aliphatic rings. The van der Waals surface area contributed by atoms with Crippen molar-refractivity contribution in [3.8, 4) is 0 Å². The minimum Gasteiger partial charge on any atom is -0.399 e.